The van der Waals surface area contributed by atoms with Crippen LogP contribution in [-0.4, -0.2) is 18.2 Å². The summed E-state index contributed by atoms with van der Waals surface area (Å²) in [6.45, 7) is 4.23. The van der Waals surface area contributed by atoms with Crippen LogP contribution in [0.5, 0.6) is 0 Å². The van der Waals surface area contributed by atoms with E-state index in [4.69, 9.17) is 17.1 Å². The molecular weight excluding hydrogens is 260 g/mol. The van der Waals surface area contributed by atoms with Gasteiger partial charge in [-0.25, -0.2) is 8.42 Å². The minimum Gasteiger partial charge on any atom is -0.267 e. The van der Waals surface area contributed by atoms with Crippen molar-refractivity contribution in [3.05, 3.63) is 11.4 Å². The average Bonchev–Trinajstić information content (AvgIpc) is 2.63. The Morgan fingerprint density at radius 3 is 2.47 bits per heavy atom. The molecular formula is C11H15ClN2O2S. The zero-order valence-corrected chi connectivity index (χ0v) is 11.5. The highest BCUT2D eigenvalue weighted by atomic mass is 35.7. The van der Waals surface area contributed by atoms with Gasteiger partial charge >= 0.3 is 0 Å². The monoisotopic (exact) mass is 274 g/mol. The lowest BCUT2D eigenvalue weighted by molar-refractivity contribution is 0.588. The number of nitrogens with zero attached hydrogens (tertiary/aromatic N) is 2. The first-order valence-electron chi connectivity index (χ1n) is 5.42. The van der Waals surface area contributed by atoms with Gasteiger partial charge in [0.2, 0.25) is 0 Å². The third-order valence-corrected chi connectivity index (χ3v) is 3.88. The molecule has 0 spiro atoms. The van der Waals surface area contributed by atoms with E-state index in [0.29, 0.717) is 37.2 Å². The highest BCUT2D eigenvalue weighted by Crippen LogP contribution is 2.25. The van der Waals surface area contributed by atoms with Crippen LogP contribution in [0.3, 0.4) is 0 Å². The van der Waals surface area contributed by atoms with Crippen molar-refractivity contribution in [2.75, 3.05) is 0 Å². The molecule has 0 saturated heterocycles. The SMILES string of the molecule is C#CCCn1nc(CC)c(S(=O)(=O)Cl)c1CC. The van der Waals surface area contributed by atoms with Gasteiger partial charge in [0.05, 0.1) is 17.9 Å². The van der Waals surface area contributed by atoms with Gasteiger partial charge in [-0.05, 0) is 12.8 Å². The summed E-state index contributed by atoms with van der Waals surface area (Å²) in [5, 5.41) is 4.26. The van der Waals surface area contributed by atoms with E-state index in [1.807, 2.05) is 13.8 Å². The zero-order chi connectivity index (χ0) is 13.1. The molecule has 1 heterocycles. The number of halogens is 1. The van der Waals surface area contributed by atoms with Gasteiger partial charge in [-0.15, -0.1) is 12.3 Å². The third-order valence-electron chi connectivity index (χ3n) is 2.46. The van der Waals surface area contributed by atoms with Gasteiger partial charge < -0.3 is 0 Å². The Bertz CT molecular complexity index is 541. The highest BCUT2D eigenvalue weighted by molar-refractivity contribution is 8.13. The fraction of sp³-hybridized carbons (Fsp3) is 0.545. The molecule has 94 valence electrons. The van der Waals surface area contributed by atoms with Crippen molar-refractivity contribution in [1.82, 2.24) is 9.78 Å². The van der Waals surface area contributed by atoms with Crippen molar-refractivity contribution < 1.29 is 8.42 Å². The summed E-state index contributed by atoms with van der Waals surface area (Å²) in [5.41, 5.74) is 1.14. The summed E-state index contributed by atoms with van der Waals surface area (Å²) in [6.07, 6.45) is 6.79. The Labute approximate surface area is 106 Å². The molecule has 0 aliphatic heterocycles. The predicted molar refractivity (Wildman–Crippen MR) is 67.5 cm³/mol. The molecule has 4 nitrogen and oxygen atoms in total. The van der Waals surface area contributed by atoms with Gasteiger partial charge in [0, 0.05) is 17.1 Å². The standard InChI is InChI=1S/C11H15ClN2O2S/c1-4-7-8-14-10(6-3)11(17(12,15)16)9(5-2)13-14/h1H,5-8H2,2-3H3. The number of terminal acetylenes is 1. The maximum atomic E-state index is 11.6. The van der Waals surface area contributed by atoms with Crippen LogP contribution in [0, 0.1) is 12.3 Å². The second kappa shape index (κ2) is 5.56. The van der Waals surface area contributed by atoms with E-state index in [1.165, 1.54) is 0 Å². The topological polar surface area (TPSA) is 52.0 Å². The van der Waals surface area contributed by atoms with E-state index in [2.05, 4.69) is 11.0 Å². The molecule has 1 rings (SSSR count). The summed E-state index contributed by atoms with van der Waals surface area (Å²) >= 11 is 0. The lowest BCUT2D eigenvalue weighted by Crippen LogP contribution is -2.05. The zero-order valence-electron chi connectivity index (χ0n) is 9.90. The molecule has 0 unspecified atom stereocenters. The lowest BCUT2D eigenvalue weighted by atomic mass is 10.2. The molecule has 0 aliphatic rings. The molecule has 0 aliphatic carbocycles. The molecule has 0 bridgehead atoms. The van der Waals surface area contributed by atoms with E-state index in [-0.39, 0.29) is 4.90 Å². The number of aromatic nitrogens is 2. The average molecular weight is 275 g/mol. The van der Waals surface area contributed by atoms with Crippen LogP contribution in [0.4, 0.5) is 0 Å². The maximum Gasteiger partial charge on any atom is 0.264 e. The fourth-order valence-electron chi connectivity index (χ4n) is 1.75. The summed E-state index contributed by atoms with van der Waals surface area (Å²) < 4.78 is 24.7. The molecule has 0 fully saturated rings. The minimum absolute atomic E-state index is 0.154. The van der Waals surface area contributed by atoms with E-state index in [9.17, 15) is 8.42 Å². The molecule has 6 heteroatoms. The Hall–Kier alpha value is -0.990. The maximum absolute atomic E-state index is 11.6. The second-order valence-electron chi connectivity index (χ2n) is 3.54. The number of hydrogen-bond acceptors (Lipinski definition) is 3. The summed E-state index contributed by atoms with van der Waals surface area (Å²) in [7, 11) is 1.70. The van der Waals surface area contributed by atoms with Crippen molar-refractivity contribution in [2.45, 2.75) is 44.6 Å². The van der Waals surface area contributed by atoms with Crippen molar-refractivity contribution in [3.8, 4) is 12.3 Å². The Morgan fingerprint density at radius 2 is 2.06 bits per heavy atom. The number of rotatable bonds is 5. The van der Waals surface area contributed by atoms with Crippen molar-refractivity contribution in [1.29, 1.82) is 0 Å². The van der Waals surface area contributed by atoms with Gasteiger partial charge in [0.1, 0.15) is 4.90 Å². The molecule has 0 amide bonds. The molecule has 0 saturated carbocycles. The van der Waals surface area contributed by atoms with Crippen molar-refractivity contribution >= 4 is 19.7 Å². The fourth-order valence-corrected chi connectivity index (χ4v) is 3.28. The molecule has 17 heavy (non-hydrogen) atoms. The quantitative estimate of drug-likeness (QED) is 0.609. The second-order valence-corrected chi connectivity index (χ2v) is 6.05. The van der Waals surface area contributed by atoms with Crippen molar-refractivity contribution in [3.63, 3.8) is 0 Å². The first kappa shape index (κ1) is 14.1. The van der Waals surface area contributed by atoms with Crippen molar-refractivity contribution in [2.24, 2.45) is 0 Å². The Kier molecular flexibility index (Phi) is 4.61. The van der Waals surface area contributed by atoms with Gasteiger partial charge in [-0.3, -0.25) is 4.68 Å². The summed E-state index contributed by atoms with van der Waals surface area (Å²) in [4.78, 5) is 0.154. The Morgan fingerprint density at radius 1 is 1.41 bits per heavy atom. The summed E-state index contributed by atoms with van der Waals surface area (Å²) in [6, 6.07) is 0. The summed E-state index contributed by atoms with van der Waals surface area (Å²) in [5.74, 6) is 2.51. The molecule has 0 N–H and O–H groups in total. The molecule has 0 aromatic carbocycles. The van der Waals surface area contributed by atoms with E-state index in [0.717, 1.165) is 0 Å². The molecule has 1 aromatic rings. The number of hydrogen-bond donors (Lipinski definition) is 0. The van der Waals surface area contributed by atoms with E-state index >= 15 is 0 Å². The van der Waals surface area contributed by atoms with Gasteiger partial charge in [0.25, 0.3) is 9.05 Å². The van der Waals surface area contributed by atoms with Gasteiger partial charge in [-0.1, -0.05) is 13.8 Å². The van der Waals surface area contributed by atoms with Gasteiger partial charge in [0.15, 0.2) is 0 Å². The predicted octanol–water partition coefficient (Wildman–Crippen LogP) is 1.96. The molecule has 1 aromatic heterocycles. The van der Waals surface area contributed by atoms with Crippen LogP contribution in [0.1, 0.15) is 31.7 Å². The van der Waals surface area contributed by atoms with Gasteiger partial charge in [-0.2, -0.15) is 5.10 Å². The number of aryl methyl sites for hydroxylation is 2. The van der Waals surface area contributed by atoms with Crippen LogP contribution in [0.25, 0.3) is 0 Å². The molecule has 0 atom stereocenters. The van der Waals surface area contributed by atoms with Crippen LogP contribution in [-0.2, 0) is 28.4 Å². The minimum atomic E-state index is -3.76. The largest absolute Gasteiger partial charge is 0.267 e. The normalized spacial score (nSPS) is 11.4. The Balaban J connectivity index is 3.37. The van der Waals surface area contributed by atoms with Crippen LogP contribution < -0.4 is 0 Å². The lowest BCUT2D eigenvalue weighted by Gasteiger charge is -2.04. The first-order valence-corrected chi connectivity index (χ1v) is 7.73. The highest BCUT2D eigenvalue weighted by Gasteiger charge is 2.24. The smallest absolute Gasteiger partial charge is 0.264 e. The molecule has 0 radical (unpaired) electrons. The van der Waals surface area contributed by atoms with Crippen LogP contribution in [0.2, 0.25) is 0 Å². The van der Waals surface area contributed by atoms with E-state index < -0.39 is 9.05 Å². The first-order chi connectivity index (χ1) is 7.95. The third kappa shape index (κ3) is 3.02. The van der Waals surface area contributed by atoms with Crippen LogP contribution >= 0.6 is 10.7 Å². The van der Waals surface area contributed by atoms with E-state index in [1.54, 1.807) is 4.68 Å². The van der Waals surface area contributed by atoms with Crippen LogP contribution in [0.15, 0.2) is 4.90 Å².